The second-order valence-corrected chi connectivity index (χ2v) is 5.11. The molecule has 0 bridgehead atoms. The van der Waals surface area contributed by atoms with Crippen LogP contribution < -0.4 is 0 Å². The maximum Gasteiger partial charge on any atom is 0.335 e. The molecule has 0 radical (unpaired) electrons. The number of benzene rings is 2. The van der Waals surface area contributed by atoms with Gasteiger partial charge < -0.3 is 20.4 Å². The molecule has 0 heterocycles. The van der Waals surface area contributed by atoms with E-state index in [0.29, 0.717) is 0 Å². The summed E-state index contributed by atoms with van der Waals surface area (Å²) in [7, 11) is 0. The highest BCUT2D eigenvalue weighted by Gasteiger charge is 2.11. The minimum Gasteiger partial charge on any atom is -0.478 e. The first-order valence-corrected chi connectivity index (χ1v) is 7.25. The first-order chi connectivity index (χ1) is 13.1. The fraction of sp³-hybridized carbons (Fsp3) is 0. The van der Waals surface area contributed by atoms with Gasteiger partial charge in [-0.05, 0) is 36.4 Å². The molecule has 2 rings (SSSR count). The van der Waals surface area contributed by atoms with E-state index in [2.05, 4.69) is 11.8 Å². The van der Waals surface area contributed by atoms with Gasteiger partial charge in [-0.2, -0.15) is 0 Å². The number of carboxylic acid groups (broad SMARTS) is 4. The van der Waals surface area contributed by atoms with E-state index in [9.17, 15) is 19.2 Å². The van der Waals surface area contributed by atoms with Crippen molar-refractivity contribution in [1.82, 2.24) is 0 Å². The summed E-state index contributed by atoms with van der Waals surface area (Å²) in [5.41, 5.74) is -0.0315. The highest BCUT2D eigenvalue weighted by atomic mass is 16.4. The van der Waals surface area contributed by atoms with Gasteiger partial charge >= 0.3 is 23.9 Å². The van der Waals surface area contributed by atoms with Gasteiger partial charge in [0.15, 0.2) is 0 Å². The maximum atomic E-state index is 10.6. The minimum absolute atomic E-state index is 0.127. The highest BCUT2D eigenvalue weighted by Crippen LogP contribution is 2.11. The number of carbonyl (C=O) groups is 4. The molecule has 2 aromatic rings. The molecule has 2 aromatic carbocycles. The predicted molar refractivity (Wildman–Crippen MR) is 96.6 cm³/mol. The van der Waals surface area contributed by atoms with E-state index in [1.807, 2.05) is 0 Å². The number of hydrogen-bond donors (Lipinski definition) is 4. The van der Waals surface area contributed by atoms with Gasteiger partial charge in [0.2, 0.25) is 0 Å². The summed E-state index contributed by atoms with van der Waals surface area (Å²) >= 11 is 0. The first kappa shape index (κ1) is 21.5. The van der Waals surface area contributed by atoms with Crippen molar-refractivity contribution in [1.29, 1.82) is 0 Å². The van der Waals surface area contributed by atoms with E-state index in [0.717, 1.165) is 12.1 Å². The molecule has 0 aliphatic carbocycles. The van der Waals surface area contributed by atoms with Gasteiger partial charge in [-0.3, -0.25) is 0 Å². The van der Waals surface area contributed by atoms with Gasteiger partial charge in [0.1, 0.15) is 0 Å². The minimum atomic E-state index is -1.20. The van der Waals surface area contributed by atoms with Gasteiger partial charge in [0, 0.05) is 11.1 Å². The molecule has 0 atom stereocenters. The Labute approximate surface area is 158 Å². The fourth-order valence-electron chi connectivity index (χ4n) is 1.92. The van der Waals surface area contributed by atoms with Crippen LogP contribution in [0.25, 0.3) is 0 Å². The highest BCUT2D eigenvalue weighted by molar-refractivity contribution is 5.95. The Balaban J connectivity index is 0.000000280. The van der Waals surface area contributed by atoms with E-state index in [-0.39, 0.29) is 33.4 Å². The molecule has 8 heteroatoms. The van der Waals surface area contributed by atoms with Crippen molar-refractivity contribution in [3.8, 4) is 24.7 Å². The summed E-state index contributed by atoms with van der Waals surface area (Å²) in [4.78, 5) is 42.3. The normalized spacial score (nSPS) is 9.07. The largest absolute Gasteiger partial charge is 0.478 e. The average molecular weight is 380 g/mol. The second kappa shape index (κ2) is 9.22. The standard InChI is InChI=1S/2C10H6O4/c2*1-2-6-3-7(9(11)12)5-8(4-6)10(13)14/h2*1,3-5H,(H,11,12)(H,13,14). The molecule has 0 saturated heterocycles. The second-order valence-electron chi connectivity index (χ2n) is 5.11. The monoisotopic (exact) mass is 380 g/mol. The fourth-order valence-corrected chi connectivity index (χ4v) is 1.92. The van der Waals surface area contributed by atoms with Crippen molar-refractivity contribution in [3.05, 3.63) is 69.8 Å². The number of terminal acetylenes is 2. The molecule has 28 heavy (non-hydrogen) atoms. The smallest absolute Gasteiger partial charge is 0.335 e. The van der Waals surface area contributed by atoms with E-state index in [1.54, 1.807) is 0 Å². The van der Waals surface area contributed by atoms with E-state index >= 15 is 0 Å². The summed E-state index contributed by atoms with van der Waals surface area (Å²) in [5.74, 6) is -0.435. The molecule has 0 saturated carbocycles. The quantitative estimate of drug-likeness (QED) is 0.589. The molecule has 0 aliphatic rings. The Kier molecular flexibility index (Phi) is 7.08. The first-order valence-electron chi connectivity index (χ1n) is 7.25. The van der Waals surface area contributed by atoms with Crippen molar-refractivity contribution < 1.29 is 39.6 Å². The summed E-state index contributed by atoms with van der Waals surface area (Å²) in [5, 5.41) is 34.6. The Morgan fingerprint density at radius 3 is 0.893 bits per heavy atom. The van der Waals surface area contributed by atoms with Crippen LogP contribution >= 0.6 is 0 Å². The van der Waals surface area contributed by atoms with Crippen LogP contribution in [0.15, 0.2) is 36.4 Å². The van der Waals surface area contributed by atoms with Crippen LogP contribution in [0, 0.1) is 24.7 Å². The summed E-state index contributed by atoms with van der Waals surface area (Å²) in [6.45, 7) is 0. The Hall–Kier alpha value is -4.56. The van der Waals surface area contributed by atoms with Gasteiger partial charge in [-0.15, -0.1) is 12.8 Å². The van der Waals surface area contributed by atoms with E-state index in [1.165, 1.54) is 24.3 Å². The van der Waals surface area contributed by atoms with Crippen LogP contribution in [-0.4, -0.2) is 44.3 Å². The zero-order chi connectivity index (χ0) is 21.4. The average Bonchev–Trinajstić information content (AvgIpc) is 2.67. The van der Waals surface area contributed by atoms with Crippen molar-refractivity contribution in [2.75, 3.05) is 0 Å². The molecule has 140 valence electrons. The number of rotatable bonds is 4. The van der Waals surface area contributed by atoms with Crippen LogP contribution in [0.3, 0.4) is 0 Å². The lowest BCUT2D eigenvalue weighted by Crippen LogP contribution is -2.03. The van der Waals surface area contributed by atoms with Crippen LogP contribution in [0.1, 0.15) is 52.6 Å². The third kappa shape index (κ3) is 5.76. The summed E-state index contributed by atoms with van der Waals surface area (Å²) in [6.07, 6.45) is 10.1. The Morgan fingerprint density at radius 2 is 0.750 bits per heavy atom. The van der Waals surface area contributed by atoms with E-state index in [4.69, 9.17) is 33.3 Å². The SMILES string of the molecule is C#Cc1cc(C(=O)O)cc(C(=O)O)c1.C#Cc1cc(C(=O)O)cc(C(=O)O)c1. The van der Waals surface area contributed by atoms with Crippen LogP contribution in [-0.2, 0) is 0 Å². The Morgan fingerprint density at radius 1 is 0.536 bits per heavy atom. The summed E-state index contributed by atoms with van der Waals surface area (Å²) < 4.78 is 0. The van der Waals surface area contributed by atoms with Crippen molar-refractivity contribution in [3.63, 3.8) is 0 Å². The molecular weight excluding hydrogens is 368 g/mol. The van der Waals surface area contributed by atoms with Crippen molar-refractivity contribution in [2.24, 2.45) is 0 Å². The van der Waals surface area contributed by atoms with Gasteiger partial charge in [0.25, 0.3) is 0 Å². The summed E-state index contributed by atoms with van der Waals surface area (Å²) in [6, 6.07) is 7.10. The van der Waals surface area contributed by atoms with Crippen molar-refractivity contribution >= 4 is 23.9 Å². The lowest BCUT2D eigenvalue weighted by Gasteiger charge is -1.99. The molecule has 0 spiro atoms. The van der Waals surface area contributed by atoms with Gasteiger partial charge in [0.05, 0.1) is 22.3 Å². The molecule has 0 aromatic heterocycles. The molecule has 4 N–H and O–H groups in total. The number of carboxylic acids is 4. The zero-order valence-electron chi connectivity index (χ0n) is 14.0. The molecule has 0 fully saturated rings. The van der Waals surface area contributed by atoms with Gasteiger partial charge in [-0.1, -0.05) is 11.8 Å². The maximum absolute atomic E-state index is 10.6. The lowest BCUT2D eigenvalue weighted by molar-refractivity contribution is 0.0676. The van der Waals surface area contributed by atoms with Crippen molar-refractivity contribution in [2.45, 2.75) is 0 Å². The number of aromatic carboxylic acids is 4. The lowest BCUT2D eigenvalue weighted by atomic mass is 10.1. The van der Waals surface area contributed by atoms with Crippen LogP contribution in [0.4, 0.5) is 0 Å². The zero-order valence-corrected chi connectivity index (χ0v) is 14.0. The predicted octanol–water partition coefficient (Wildman–Crippen LogP) is 2.13. The van der Waals surface area contributed by atoms with Gasteiger partial charge in [-0.25, -0.2) is 19.2 Å². The topological polar surface area (TPSA) is 149 Å². The third-order valence-corrected chi connectivity index (χ3v) is 3.19. The molecule has 0 amide bonds. The van der Waals surface area contributed by atoms with Crippen LogP contribution in [0.2, 0.25) is 0 Å². The molecule has 8 nitrogen and oxygen atoms in total. The molecule has 0 aliphatic heterocycles. The number of hydrogen-bond acceptors (Lipinski definition) is 4. The Bertz CT molecular complexity index is 901. The third-order valence-electron chi connectivity index (χ3n) is 3.19. The van der Waals surface area contributed by atoms with E-state index < -0.39 is 23.9 Å². The molecular formula is C20H12O8. The molecule has 0 unspecified atom stereocenters. The van der Waals surface area contributed by atoms with Crippen LogP contribution in [0.5, 0.6) is 0 Å².